The Morgan fingerprint density at radius 3 is 1.75 bits per heavy atom. The molecule has 0 radical (unpaired) electrons. The second-order valence-electron chi connectivity index (χ2n) is 9.31. The smallest absolute Gasteiger partial charge is 0.184 e. The van der Waals surface area contributed by atoms with Gasteiger partial charge in [-0.15, -0.1) is 0 Å². The molecule has 0 saturated carbocycles. The number of aliphatic hydroxyl groups is 1. The summed E-state index contributed by atoms with van der Waals surface area (Å²) >= 11 is 0. The Morgan fingerprint density at radius 2 is 1.31 bits per heavy atom. The molecule has 0 bridgehead atoms. The highest BCUT2D eigenvalue weighted by Crippen LogP contribution is 2.22. The van der Waals surface area contributed by atoms with Crippen LogP contribution in [-0.4, -0.2) is 35.6 Å². The lowest BCUT2D eigenvalue weighted by Crippen LogP contribution is -2.31. The molecule has 4 rings (SSSR count). The first kappa shape index (κ1) is 24.2. The van der Waals surface area contributed by atoms with E-state index in [0.717, 1.165) is 39.4 Å². The molecule has 0 aliphatic heterocycles. The largest absolute Gasteiger partial charge is 0.415 e. The summed E-state index contributed by atoms with van der Waals surface area (Å²) in [6, 6.07) is 9.45. The van der Waals surface area contributed by atoms with Gasteiger partial charge < -0.3 is 19.5 Å². The van der Waals surface area contributed by atoms with Gasteiger partial charge in [0.15, 0.2) is 8.32 Å². The monoisotopic (exact) mass is 458 g/mol. The van der Waals surface area contributed by atoms with E-state index in [0.29, 0.717) is 6.42 Å². The maximum Gasteiger partial charge on any atom is 0.184 e. The average Bonchev–Trinajstić information content (AvgIpc) is 3.24. The number of benzene rings is 2. The van der Waals surface area contributed by atoms with E-state index >= 15 is 0 Å². The molecular weight excluding hydrogens is 426 g/mol. The fourth-order valence-electron chi connectivity index (χ4n) is 3.91. The number of hydrogen-bond acceptors (Lipinski definition) is 2. The number of aliphatic hydroxyl groups excluding tert-OH is 1. The SMILES string of the molecule is CC(Cc1c[nH]c2ccc(F)cc12)O[Si](C)(C)C.CC(O)Cc1c[nH]c2ccc(F)cc12. The molecule has 32 heavy (non-hydrogen) atoms. The lowest BCUT2D eigenvalue weighted by Gasteiger charge is -2.23. The molecule has 2 unspecified atom stereocenters. The maximum atomic E-state index is 13.3. The van der Waals surface area contributed by atoms with Crippen LogP contribution in [0.15, 0.2) is 48.8 Å². The van der Waals surface area contributed by atoms with Crippen LogP contribution in [0.25, 0.3) is 21.8 Å². The Hall–Kier alpha value is -2.48. The third-order valence-corrected chi connectivity index (χ3v) is 6.15. The summed E-state index contributed by atoms with van der Waals surface area (Å²) < 4.78 is 32.2. The summed E-state index contributed by atoms with van der Waals surface area (Å²) in [5.74, 6) is -0.439. The Kier molecular flexibility index (Phi) is 7.54. The van der Waals surface area contributed by atoms with Gasteiger partial charge in [0.2, 0.25) is 0 Å². The van der Waals surface area contributed by atoms with Crippen LogP contribution >= 0.6 is 0 Å². The minimum atomic E-state index is -1.52. The lowest BCUT2D eigenvalue weighted by molar-refractivity contribution is 0.196. The van der Waals surface area contributed by atoms with E-state index in [1.54, 1.807) is 25.1 Å². The number of nitrogens with one attached hydrogen (secondary N) is 2. The zero-order chi connectivity index (χ0) is 23.5. The average molecular weight is 459 g/mol. The lowest BCUT2D eigenvalue weighted by atomic mass is 10.1. The van der Waals surface area contributed by atoms with Gasteiger partial charge >= 0.3 is 0 Å². The topological polar surface area (TPSA) is 61.0 Å². The molecule has 4 aromatic rings. The van der Waals surface area contributed by atoms with Gasteiger partial charge in [0.1, 0.15) is 11.6 Å². The predicted molar refractivity (Wildman–Crippen MR) is 129 cm³/mol. The van der Waals surface area contributed by atoms with E-state index in [9.17, 15) is 13.9 Å². The standard InChI is InChI=1S/C14H20FNOSi.C11H12FNO/c1-10(17-18(2,3)4)7-11-9-16-14-6-5-12(15)8-13(11)14;1-7(14)4-8-6-13-11-3-2-9(12)5-10(8)11/h5-6,8-10,16H,7H2,1-4H3;2-3,5-7,13-14H,4H2,1H3. The van der Waals surface area contributed by atoms with Gasteiger partial charge in [-0.2, -0.15) is 0 Å². The van der Waals surface area contributed by atoms with Crippen molar-refractivity contribution < 1.29 is 18.3 Å². The molecule has 3 N–H and O–H groups in total. The fourth-order valence-corrected chi connectivity index (χ4v) is 5.20. The van der Waals surface area contributed by atoms with E-state index in [1.807, 2.05) is 12.4 Å². The molecule has 2 heterocycles. The van der Waals surface area contributed by atoms with E-state index < -0.39 is 14.4 Å². The number of halogens is 2. The molecule has 0 spiro atoms. The Labute approximate surface area is 188 Å². The highest BCUT2D eigenvalue weighted by molar-refractivity contribution is 6.69. The maximum absolute atomic E-state index is 13.3. The van der Waals surface area contributed by atoms with Crippen LogP contribution in [0.1, 0.15) is 25.0 Å². The molecule has 0 aliphatic rings. The van der Waals surface area contributed by atoms with Crippen LogP contribution < -0.4 is 0 Å². The Balaban J connectivity index is 0.000000186. The Morgan fingerprint density at radius 1 is 0.844 bits per heavy atom. The first-order valence-corrected chi connectivity index (χ1v) is 14.3. The number of fused-ring (bicyclic) bond motifs is 2. The first-order valence-electron chi connectivity index (χ1n) is 10.9. The van der Waals surface area contributed by atoms with Crippen molar-refractivity contribution in [1.82, 2.24) is 9.97 Å². The summed E-state index contributed by atoms with van der Waals surface area (Å²) in [4.78, 5) is 6.22. The van der Waals surface area contributed by atoms with Crippen LogP contribution in [-0.2, 0) is 17.3 Å². The van der Waals surface area contributed by atoms with Gasteiger partial charge in [0.25, 0.3) is 0 Å². The fraction of sp³-hybridized carbons (Fsp3) is 0.360. The van der Waals surface area contributed by atoms with E-state index in [1.165, 1.54) is 18.2 Å². The van der Waals surface area contributed by atoms with Crippen molar-refractivity contribution in [2.45, 2.75) is 58.5 Å². The van der Waals surface area contributed by atoms with Gasteiger partial charge in [-0.1, -0.05) is 0 Å². The molecule has 172 valence electrons. The number of H-pyrrole nitrogens is 2. The molecule has 0 amide bonds. The third-order valence-electron chi connectivity index (χ3n) is 5.04. The zero-order valence-corrected chi connectivity index (χ0v) is 20.3. The van der Waals surface area contributed by atoms with Crippen LogP contribution in [0.3, 0.4) is 0 Å². The van der Waals surface area contributed by atoms with Crippen molar-refractivity contribution in [2.75, 3.05) is 0 Å². The van der Waals surface area contributed by atoms with Gasteiger partial charge in [-0.3, -0.25) is 0 Å². The molecule has 0 aliphatic carbocycles. The van der Waals surface area contributed by atoms with Crippen molar-refractivity contribution in [3.63, 3.8) is 0 Å². The van der Waals surface area contributed by atoms with Gasteiger partial charge in [0.05, 0.1) is 6.10 Å². The zero-order valence-electron chi connectivity index (χ0n) is 19.3. The summed E-state index contributed by atoms with van der Waals surface area (Å²) in [5, 5.41) is 11.1. The van der Waals surface area contributed by atoms with Crippen LogP contribution in [0, 0.1) is 11.6 Å². The summed E-state index contributed by atoms with van der Waals surface area (Å²) in [6.45, 7) is 10.3. The van der Waals surface area contributed by atoms with Crippen molar-refractivity contribution in [3.8, 4) is 0 Å². The van der Waals surface area contributed by atoms with Gasteiger partial charge in [0, 0.05) is 46.7 Å². The van der Waals surface area contributed by atoms with Crippen molar-refractivity contribution >= 4 is 30.1 Å². The van der Waals surface area contributed by atoms with Crippen LogP contribution in [0.4, 0.5) is 8.78 Å². The molecule has 2 aromatic heterocycles. The second kappa shape index (κ2) is 9.98. The molecular formula is C25H32F2N2O2Si. The van der Waals surface area contributed by atoms with Crippen molar-refractivity contribution in [2.24, 2.45) is 0 Å². The normalized spacial score (nSPS) is 13.8. The molecule has 2 atom stereocenters. The molecule has 4 nitrogen and oxygen atoms in total. The number of rotatable bonds is 6. The molecule has 0 saturated heterocycles. The summed E-state index contributed by atoms with van der Waals surface area (Å²) in [7, 11) is -1.52. The van der Waals surface area contributed by atoms with E-state index in [-0.39, 0.29) is 17.7 Å². The van der Waals surface area contributed by atoms with Gasteiger partial charge in [-0.25, -0.2) is 8.78 Å². The predicted octanol–water partition coefficient (Wildman–Crippen LogP) is 6.32. The Bertz CT molecular complexity index is 1180. The number of aromatic amines is 2. The quantitative estimate of drug-likeness (QED) is 0.296. The minimum absolute atomic E-state index is 0.166. The number of aromatic nitrogens is 2. The van der Waals surface area contributed by atoms with E-state index in [2.05, 4.69) is 36.5 Å². The highest BCUT2D eigenvalue weighted by Gasteiger charge is 2.19. The highest BCUT2D eigenvalue weighted by atomic mass is 28.4. The molecule has 2 aromatic carbocycles. The van der Waals surface area contributed by atoms with Crippen molar-refractivity contribution in [3.05, 3.63) is 71.6 Å². The van der Waals surface area contributed by atoms with Gasteiger partial charge in [-0.05, 0) is 87.4 Å². The first-order chi connectivity index (χ1) is 15.0. The second-order valence-corrected chi connectivity index (χ2v) is 13.8. The number of hydrogen-bond donors (Lipinski definition) is 3. The molecule has 0 fully saturated rings. The summed E-state index contributed by atoms with van der Waals surface area (Å²) in [5.41, 5.74) is 3.96. The molecule has 7 heteroatoms. The summed E-state index contributed by atoms with van der Waals surface area (Å²) in [6.07, 6.45) is 4.89. The van der Waals surface area contributed by atoms with Crippen LogP contribution in [0.2, 0.25) is 19.6 Å². The van der Waals surface area contributed by atoms with Crippen molar-refractivity contribution in [1.29, 1.82) is 0 Å². The van der Waals surface area contributed by atoms with E-state index in [4.69, 9.17) is 4.43 Å². The third kappa shape index (κ3) is 6.51. The minimum Gasteiger partial charge on any atom is -0.415 e. The van der Waals surface area contributed by atoms with Crippen LogP contribution in [0.5, 0.6) is 0 Å².